The minimum Gasteiger partial charge on any atom is -0.368 e. The van der Waals surface area contributed by atoms with E-state index in [1.54, 1.807) is 6.21 Å². The van der Waals surface area contributed by atoms with Crippen LogP contribution >= 0.6 is 0 Å². The normalized spacial score (nSPS) is 32.2. The summed E-state index contributed by atoms with van der Waals surface area (Å²) < 4.78 is 0. The van der Waals surface area contributed by atoms with Gasteiger partial charge >= 0.3 is 0 Å². The summed E-state index contributed by atoms with van der Waals surface area (Å²) in [5, 5.41) is 3.11. The first kappa shape index (κ1) is 8.44. The van der Waals surface area contributed by atoms with Gasteiger partial charge < -0.3 is 11.1 Å². The molecule has 0 saturated carbocycles. The quantitative estimate of drug-likeness (QED) is 0.567. The minimum atomic E-state index is -0.286. The molecule has 0 aromatic carbocycles. The molecule has 2 atom stereocenters. The Bertz CT molecular complexity index is 283. The smallest absolute Gasteiger partial charge is 0.238 e. The van der Waals surface area contributed by atoms with Crippen molar-refractivity contribution in [1.82, 2.24) is 5.32 Å². The highest BCUT2D eigenvalue weighted by atomic mass is 16.1. The summed E-state index contributed by atoms with van der Waals surface area (Å²) in [4.78, 5) is 15.3. The monoisotopic (exact) mass is 179 g/mol. The maximum Gasteiger partial charge on any atom is 0.238 e. The first-order valence-corrected chi connectivity index (χ1v) is 4.51. The lowest BCUT2D eigenvalue weighted by Crippen LogP contribution is -2.49. The Labute approximate surface area is 76.9 Å². The second-order valence-electron chi connectivity index (χ2n) is 3.46. The fourth-order valence-electron chi connectivity index (χ4n) is 1.94. The van der Waals surface area contributed by atoms with E-state index in [9.17, 15) is 4.79 Å². The van der Waals surface area contributed by atoms with Gasteiger partial charge in [0.05, 0.1) is 0 Å². The molecule has 0 spiro atoms. The molecular formula is C9H13N3O. The van der Waals surface area contributed by atoms with Crippen molar-refractivity contribution in [2.45, 2.75) is 12.5 Å². The van der Waals surface area contributed by atoms with E-state index < -0.39 is 0 Å². The number of amides is 1. The van der Waals surface area contributed by atoms with Gasteiger partial charge in [0.1, 0.15) is 6.04 Å². The zero-order chi connectivity index (χ0) is 9.26. The van der Waals surface area contributed by atoms with Gasteiger partial charge in [-0.1, -0.05) is 0 Å². The fraction of sp³-hybridized carbons (Fsp3) is 0.556. The van der Waals surface area contributed by atoms with Gasteiger partial charge in [-0.25, -0.2) is 0 Å². The molecule has 4 nitrogen and oxygen atoms in total. The van der Waals surface area contributed by atoms with Crippen LogP contribution in [-0.4, -0.2) is 31.3 Å². The molecule has 0 bridgehead atoms. The maximum absolute atomic E-state index is 11.1. The van der Waals surface area contributed by atoms with E-state index in [1.165, 1.54) is 0 Å². The molecule has 2 aliphatic rings. The first-order valence-electron chi connectivity index (χ1n) is 4.51. The first-order chi connectivity index (χ1) is 6.29. The molecule has 2 unspecified atom stereocenters. The van der Waals surface area contributed by atoms with Crippen LogP contribution in [0, 0.1) is 5.92 Å². The summed E-state index contributed by atoms with van der Waals surface area (Å²) in [5.41, 5.74) is 6.39. The molecule has 2 aliphatic heterocycles. The van der Waals surface area contributed by atoms with Gasteiger partial charge in [0, 0.05) is 18.7 Å². The number of rotatable bonds is 1. The van der Waals surface area contributed by atoms with E-state index in [2.05, 4.69) is 10.3 Å². The average molecular weight is 179 g/mol. The zero-order valence-electron chi connectivity index (χ0n) is 7.36. The summed E-state index contributed by atoms with van der Waals surface area (Å²) >= 11 is 0. The predicted molar refractivity (Wildman–Crippen MR) is 50.5 cm³/mol. The number of fused-ring (bicyclic) bond motifs is 1. The van der Waals surface area contributed by atoms with Crippen LogP contribution in [0.3, 0.4) is 0 Å². The molecular weight excluding hydrogens is 166 g/mol. The zero-order valence-corrected chi connectivity index (χ0v) is 7.36. The molecule has 1 saturated heterocycles. The maximum atomic E-state index is 11.1. The Kier molecular flexibility index (Phi) is 2.14. The average Bonchev–Trinajstić information content (AvgIpc) is 2.17. The summed E-state index contributed by atoms with van der Waals surface area (Å²) in [5.74, 6) is 0.134. The number of hydrogen-bond donors (Lipinski definition) is 2. The molecule has 13 heavy (non-hydrogen) atoms. The van der Waals surface area contributed by atoms with Gasteiger partial charge in [0.25, 0.3) is 0 Å². The van der Waals surface area contributed by atoms with Crippen LogP contribution in [0.5, 0.6) is 0 Å². The Morgan fingerprint density at radius 2 is 2.54 bits per heavy atom. The lowest BCUT2D eigenvalue weighted by atomic mass is 9.85. The Morgan fingerprint density at radius 1 is 1.69 bits per heavy atom. The largest absolute Gasteiger partial charge is 0.368 e. The van der Waals surface area contributed by atoms with Gasteiger partial charge in [0.2, 0.25) is 5.91 Å². The number of carbonyl (C=O) groups excluding carboxylic acids is 1. The van der Waals surface area contributed by atoms with E-state index >= 15 is 0 Å². The molecule has 3 N–H and O–H groups in total. The van der Waals surface area contributed by atoms with Gasteiger partial charge in [-0.2, -0.15) is 0 Å². The van der Waals surface area contributed by atoms with Crippen molar-refractivity contribution in [1.29, 1.82) is 0 Å². The lowest BCUT2D eigenvalue weighted by Gasteiger charge is -2.32. The van der Waals surface area contributed by atoms with Crippen LogP contribution < -0.4 is 11.1 Å². The van der Waals surface area contributed by atoms with Crippen LogP contribution in [0.1, 0.15) is 6.42 Å². The molecule has 4 heteroatoms. The fourth-order valence-corrected chi connectivity index (χ4v) is 1.94. The van der Waals surface area contributed by atoms with Crippen LogP contribution in [0.25, 0.3) is 0 Å². The number of carbonyl (C=O) groups is 1. The Hall–Kier alpha value is -1.16. The number of allylic oxidation sites excluding steroid dienone is 1. The van der Waals surface area contributed by atoms with E-state index in [-0.39, 0.29) is 11.9 Å². The Morgan fingerprint density at radius 3 is 3.31 bits per heavy atom. The number of nitrogens with zero attached hydrogens (tertiary/aromatic N) is 1. The van der Waals surface area contributed by atoms with E-state index in [1.807, 2.05) is 6.08 Å². The van der Waals surface area contributed by atoms with Crippen LogP contribution in [0.15, 0.2) is 16.6 Å². The number of hydrogen-bond acceptors (Lipinski definition) is 3. The van der Waals surface area contributed by atoms with Crippen molar-refractivity contribution in [2.75, 3.05) is 13.1 Å². The molecule has 1 amide bonds. The summed E-state index contributed by atoms with van der Waals surface area (Å²) in [7, 11) is 0. The predicted octanol–water partition coefficient (Wildman–Crippen LogP) is -0.539. The van der Waals surface area contributed by atoms with Crippen molar-refractivity contribution >= 4 is 12.1 Å². The number of primary amides is 1. The van der Waals surface area contributed by atoms with Crippen molar-refractivity contribution in [3.8, 4) is 0 Å². The highest BCUT2D eigenvalue weighted by Crippen LogP contribution is 2.24. The van der Waals surface area contributed by atoms with Gasteiger partial charge in [-0.15, -0.1) is 0 Å². The second kappa shape index (κ2) is 3.30. The molecule has 1 fully saturated rings. The van der Waals surface area contributed by atoms with E-state index in [0.29, 0.717) is 5.92 Å². The molecule has 2 rings (SSSR count). The Balaban J connectivity index is 2.24. The van der Waals surface area contributed by atoms with Crippen molar-refractivity contribution < 1.29 is 4.79 Å². The number of nitrogens with one attached hydrogen (secondary N) is 1. The number of piperidine rings is 1. The molecule has 0 radical (unpaired) electrons. The minimum absolute atomic E-state index is 0.273. The SMILES string of the molecule is NC(=O)C1NCCC2CN=CC=C21. The standard InChI is InChI=1S/C9H13N3O/c10-9(13)8-7-2-3-11-5-6(7)1-4-12-8/h2-3,6,8,12H,1,4-5H2,(H2,10,13). The highest BCUT2D eigenvalue weighted by Gasteiger charge is 2.30. The lowest BCUT2D eigenvalue weighted by molar-refractivity contribution is -0.119. The molecule has 70 valence electrons. The van der Waals surface area contributed by atoms with E-state index in [0.717, 1.165) is 25.1 Å². The summed E-state index contributed by atoms with van der Waals surface area (Å²) in [6.45, 7) is 1.66. The van der Waals surface area contributed by atoms with Gasteiger partial charge in [-0.3, -0.25) is 9.79 Å². The second-order valence-corrected chi connectivity index (χ2v) is 3.46. The van der Waals surface area contributed by atoms with Crippen molar-refractivity contribution in [2.24, 2.45) is 16.6 Å². The molecule has 2 heterocycles. The molecule has 0 aliphatic carbocycles. The third-order valence-electron chi connectivity index (χ3n) is 2.63. The van der Waals surface area contributed by atoms with Crippen LogP contribution in [0.4, 0.5) is 0 Å². The number of nitrogens with two attached hydrogens (primary N) is 1. The summed E-state index contributed by atoms with van der Waals surface area (Å²) in [6.07, 6.45) is 4.72. The van der Waals surface area contributed by atoms with Crippen LogP contribution in [0.2, 0.25) is 0 Å². The number of aliphatic imine (C=N–C) groups is 1. The number of dihydropyridines is 1. The molecule has 0 aromatic rings. The molecule has 0 aromatic heterocycles. The third-order valence-corrected chi connectivity index (χ3v) is 2.63. The summed E-state index contributed by atoms with van der Waals surface area (Å²) in [6, 6.07) is -0.273. The third kappa shape index (κ3) is 1.49. The topological polar surface area (TPSA) is 67.5 Å². The van der Waals surface area contributed by atoms with Gasteiger partial charge in [-0.05, 0) is 24.6 Å². The van der Waals surface area contributed by atoms with Gasteiger partial charge in [0.15, 0.2) is 0 Å². The highest BCUT2D eigenvalue weighted by molar-refractivity contribution is 5.86. The van der Waals surface area contributed by atoms with E-state index in [4.69, 9.17) is 5.73 Å². The van der Waals surface area contributed by atoms with Crippen LogP contribution in [-0.2, 0) is 4.79 Å². The van der Waals surface area contributed by atoms with Crippen molar-refractivity contribution in [3.63, 3.8) is 0 Å². The van der Waals surface area contributed by atoms with Crippen molar-refractivity contribution in [3.05, 3.63) is 11.6 Å².